The van der Waals surface area contributed by atoms with E-state index in [0.29, 0.717) is 29.2 Å². The minimum atomic E-state index is -1.11. The summed E-state index contributed by atoms with van der Waals surface area (Å²) in [6.45, 7) is 0.303. The third-order valence-corrected chi connectivity index (χ3v) is 6.23. The van der Waals surface area contributed by atoms with Gasteiger partial charge in [-0.1, -0.05) is 54.6 Å². The molecule has 0 radical (unpaired) electrons. The van der Waals surface area contributed by atoms with Gasteiger partial charge in [-0.3, -0.25) is 13.6 Å². The Hall–Kier alpha value is -4.23. The van der Waals surface area contributed by atoms with Crippen molar-refractivity contribution in [3.05, 3.63) is 95.8 Å². The molecule has 6 aromatic rings. The topological polar surface area (TPSA) is 75.1 Å². The van der Waals surface area contributed by atoms with Gasteiger partial charge < -0.3 is 10.0 Å². The highest BCUT2D eigenvalue weighted by Crippen LogP contribution is 2.38. The maximum atomic E-state index is 13.8. The molecule has 0 saturated heterocycles. The average molecular weight is 419 g/mol. The quantitative estimate of drug-likeness (QED) is 0.461. The second kappa shape index (κ2) is 6.15. The number of carbonyl (C=O) groups excluding carboxylic acids is 1. The molecule has 7 heteroatoms. The van der Waals surface area contributed by atoms with Crippen molar-refractivity contribution in [1.82, 2.24) is 23.7 Å². The van der Waals surface area contributed by atoms with E-state index < -0.39 is 6.23 Å². The molecular formula is C25H17N5O2. The van der Waals surface area contributed by atoms with Gasteiger partial charge in [-0.25, -0.2) is 9.97 Å². The summed E-state index contributed by atoms with van der Waals surface area (Å²) in [5.41, 5.74) is 6.33. The highest BCUT2D eigenvalue weighted by Gasteiger charge is 2.41. The summed E-state index contributed by atoms with van der Waals surface area (Å²) < 4.78 is 3.74. The summed E-state index contributed by atoms with van der Waals surface area (Å²) in [7, 11) is 0. The van der Waals surface area contributed by atoms with E-state index in [1.165, 1.54) is 4.90 Å². The van der Waals surface area contributed by atoms with Crippen LogP contribution < -0.4 is 0 Å². The number of rotatable bonds is 2. The van der Waals surface area contributed by atoms with Crippen molar-refractivity contribution < 1.29 is 9.90 Å². The predicted octanol–water partition coefficient (Wildman–Crippen LogP) is 3.94. The first-order valence-electron chi connectivity index (χ1n) is 10.5. The Morgan fingerprint density at radius 2 is 1.31 bits per heavy atom. The number of fused-ring (bicyclic) bond motifs is 10. The number of aliphatic hydroxyl groups is 1. The van der Waals surface area contributed by atoms with Crippen molar-refractivity contribution >= 4 is 39.3 Å². The van der Waals surface area contributed by atoms with E-state index in [1.54, 1.807) is 0 Å². The van der Waals surface area contributed by atoms with Gasteiger partial charge in [-0.2, -0.15) is 0 Å². The van der Waals surface area contributed by atoms with Gasteiger partial charge >= 0.3 is 0 Å². The number of para-hydroxylation sites is 4. The van der Waals surface area contributed by atoms with Crippen LogP contribution in [0.3, 0.4) is 0 Å². The van der Waals surface area contributed by atoms with E-state index in [1.807, 2.05) is 87.7 Å². The lowest BCUT2D eigenvalue weighted by Gasteiger charge is -2.20. The standard InChI is InChI=1S/C25H17N5O2/c31-24-20-21(25(32)28(24)14-15-8-2-1-3-9-15)30-19-13-7-5-11-17(19)27-23(30)22-26-16-10-4-6-12-18(16)29(20)22/h1-13,24,31H,14H2. The molecule has 0 aliphatic carbocycles. The molecule has 32 heavy (non-hydrogen) atoms. The van der Waals surface area contributed by atoms with Crippen molar-refractivity contribution in [2.75, 3.05) is 0 Å². The third kappa shape index (κ3) is 2.15. The van der Waals surface area contributed by atoms with Crippen LogP contribution in [0.1, 0.15) is 28.0 Å². The third-order valence-electron chi connectivity index (χ3n) is 6.23. The van der Waals surface area contributed by atoms with E-state index >= 15 is 0 Å². The van der Waals surface area contributed by atoms with Crippen LogP contribution in [0.25, 0.3) is 33.4 Å². The second-order valence-electron chi connectivity index (χ2n) is 8.05. The van der Waals surface area contributed by atoms with Gasteiger partial charge in [0, 0.05) is 6.54 Å². The molecule has 0 spiro atoms. The minimum Gasteiger partial charge on any atom is -0.368 e. The summed E-state index contributed by atoms with van der Waals surface area (Å²) in [4.78, 5) is 24.9. The Morgan fingerprint density at radius 3 is 2.00 bits per heavy atom. The first-order chi connectivity index (χ1) is 15.7. The molecule has 1 amide bonds. The van der Waals surface area contributed by atoms with Crippen LogP contribution in [0.5, 0.6) is 0 Å². The molecule has 1 unspecified atom stereocenters. The lowest BCUT2D eigenvalue weighted by molar-refractivity contribution is 0.0115. The molecule has 1 atom stereocenters. The van der Waals surface area contributed by atoms with E-state index in [0.717, 1.165) is 27.6 Å². The summed E-state index contributed by atoms with van der Waals surface area (Å²) in [6, 6.07) is 25.1. The summed E-state index contributed by atoms with van der Waals surface area (Å²) in [5, 5.41) is 11.4. The lowest BCUT2D eigenvalue weighted by Crippen LogP contribution is -2.28. The number of nitrogens with zero attached hydrogens (tertiary/aromatic N) is 5. The van der Waals surface area contributed by atoms with Gasteiger partial charge in [0.25, 0.3) is 5.91 Å². The summed E-state index contributed by atoms with van der Waals surface area (Å²) in [5.74, 6) is -0.232. The number of aliphatic hydroxyl groups excluding tert-OH is 1. The van der Waals surface area contributed by atoms with Crippen LogP contribution in [-0.4, -0.2) is 34.7 Å². The monoisotopic (exact) mass is 419 g/mol. The van der Waals surface area contributed by atoms with Gasteiger partial charge in [0.15, 0.2) is 17.5 Å². The molecule has 1 N–H and O–H groups in total. The van der Waals surface area contributed by atoms with Gasteiger partial charge in [0.1, 0.15) is 11.4 Å². The maximum Gasteiger partial charge on any atom is 0.275 e. The lowest BCUT2D eigenvalue weighted by atomic mass is 10.2. The molecule has 7 nitrogen and oxygen atoms in total. The van der Waals surface area contributed by atoms with Crippen LogP contribution in [-0.2, 0) is 6.54 Å². The fourth-order valence-electron chi connectivity index (χ4n) is 4.82. The number of amides is 1. The van der Waals surface area contributed by atoms with Crippen molar-refractivity contribution in [3.63, 3.8) is 0 Å². The zero-order valence-corrected chi connectivity index (χ0v) is 16.9. The van der Waals surface area contributed by atoms with Crippen molar-refractivity contribution in [2.45, 2.75) is 12.8 Å². The number of imidazole rings is 2. The Bertz CT molecular complexity index is 1700. The van der Waals surface area contributed by atoms with Gasteiger partial charge in [-0.05, 0) is 29.8 Å². The van der Waals surface area contributed by atoms with Crippen molar-refractivity contribution in [1.29, 1.82) is 0 Å². The molecule has 0 fully saturated rings. The molecule has 3 aromatic carbocycles. The molecule has 1 aliphatic rings. The van der Waals surface area contributed by atoms with Gasteiger partial charge in [0.2, 0.25) is 0 Å². The minimum absolute atomic E-state index is 0.232. The van der Waals surface area contributed by atoms with Crippen LogP contribution in [0, 0.1) is 0 Å². The highest BCUT2D eigenvalue weighted by atomic mass is 16.3. The number of aromatic nitrogens is 4. The molecular weight excluding hydrogens is 402 g/mol. The van der Waals surface area contributed by atoms with Crippen LogP contribution in [0.4, 0.5) is 0 Å². The summed E-state index contributed by atoms with van der Waals surface area (Å²) >= 11 is 0. The molecule has 0 bridgehead atoms. The van der Waals surface area contributed by atoms with E-state index in [9.17, 15) is 9.90 Å². The zero-order chi connectivity index (χ0) is 21.4. The van der Waals surface area contributed by atoms with E-state index in [4.69, 9.17) is 9.97 Å². The van der Waals surface area contributed by atoms with Crippen LogP contribution in [0.15, 0.2) is 78.9 Å². The Kier molecular flexibility index (Phi) is 3.35. The molecule has 3 aromatic heterocycles. The Labute approximate surface area is 181 Å². The second-order valence-corrected chi connectivity index (χ2v) is 8.05. The highest BCUT2D eigenvalue weighted by molar-refractivity contribution is 6.02. The predicted molar refractivity (Wildman–Crippen MR) is 120 cm³/mol. The average Bonchev–Trinajstić information content (AvgIpc) is 3.46. The molecule has 4 heterocycles. The Morgan fingerprint density at radius 1 is 0.750 bits per heavy atom. The fourth-order valence-corrected chi connectivity index (χ4v) is 4.82. The van der Waals surface area contributed by atoms with Crippen molar-refractivity contribution in [2.24, 2.45) is 0 Å². The number of hydrogen-bond acceptors (Lipinski definition) is 4. The number of benzene rings is 3. The van der Waals surface area contributed by atoms with E-state index in [-0.39, 0.29) is 5.91 Å². The van der Waals surface area contributed by atoms with Crippen molar-refractivity contribution in [3.8, 4) is 0 Å². The van der Waals surface area contributed by atoms with Gasteiger partial charge in [0.05, 0.1) is 22.1 Å². The summed E-state index contributed by atoms with van der Waals surface area (Å²) in [6.07, 6.45) is -1.11. The first-order valence-corrected chi connectivity index (χ1v) is 10.5. The molecule has 1 aliphatic heterocycles. The maximum absolute atomic E-state index is 13.8. The molecule has 7 rings (SSSR count). The smallest absolute Gasteiger partial charge is 0.275 e. The van der Waals surface area contributed by atoms with Crippen LogP contribution in [0.2, 0.25) is 0 Å². The van der Waals surface area contributed by atoms with Crippen LogP contribution >= 0.6 is 0 Å². The Balaban J connectivity index is 1.62. The number of carbonyl (C=O) groups is 1. The van der Waals surface area contributed by atoms with E-state index in [2.05, 4.69) is 0 Å². The first kappa shape index (κ1) is 17.5. The molecule has 0 saturated carbocycles. The fraction of sp³-hybridized carbons (Fsp3) is 0.0800. The molecule has 154 valence electrons. The largest absolute Gasteiger partial charge is 0.368 e. The zero-order valence-electron chi connectivity index (χ0n) is 16.9. The normalized spacial score (nSPS) is 16.1. The van der Waals surface area contributed by atoms with Gasteiger partial charge in [-0.15, -0.1) is 0 Å². The number of hydrogen-bond donors (Lipinski definition) is 1. The SMILES string of the molecule is O=C1c2c(n3c4ccccc4nc3c3nc4ccccc4n23)C(O)N1Cc1ccccc1.